The molecule has 1 N–H and O–H groups in total. The maximum absolute atomic E-state index is 13.4. The fourth-order valence-electron chi connectivity index (χ4n) is 2.86. The number of rotatable bonds is 4. The molecule has 3 atom stereocenters. The molecule has 7 heteroatoms. The highest BCUT2D eigenvalue weighted by molar-refractivity contribution is 7.92. The van der Waals surface area contributed by atoms with Crippen molar-refractivity contribution in [2.24, 2.45) is 5.92 Å². The Kier molecular flexibility index (Phi) is 3.90. The molecular formula is C16H12ClFO4S. The fraction of sp³-hybridized carbons (Fsp3) is 0.188. The average Bonchev–Trinajstić information content (AvgIpc) is 3.24. The summed E-state index contributed by atoms with van der Waals surface area (Å²) >= 11 is 5.75. The van der Waals surface area contributed by atoms with E-state index in [4.69, 9.17) is 11.6 Å². The molecule has 2 aromatic carbocycles. The second-order valence-electron chi connectivity index (χ2n) is 5.41. The normalized spacial score (nSPS) is 23.5. The van der Waals surface area contributed by atoms with Crippen LogP contribution in [0.15, 0.2) is 53.4 Å². The van der Waals surface area contributed by atoms with Gasteiger partial charge in [0.1, 0.15) is 5.82 Å². The summed E-state index contributed by atoms with van der Waals surface area (Å²) in [5.41, 5.74) is 0.375. The minimum Gasteiger partial charge on any atom is -0.481 e. The number of carboxylic acids is 1. The van der Waals surface area contributed by atoms with Gasteiger partial charge in [0.15, 0.2) is 9.84 Å². The van der Waals surface area contributed by atoms with Gasteiger partial charge in [0, 0.05) is 10.9 Å². The summed E-state index contributed by atoms with van der Waals surface area (Å²) in [5, 5.41) is 8.58. The maximum atomic E-state index is 13.4. The molecule has 0 radical (unpaired) electrons. The maximum Gasteiger partial charge on any atom is 0.308 e. The molecule has 0 amide bonds. The third kappa shape index (κ3) is 2.84. The number of carboxylic acid groups (broad SMARTS) is 1. The average molecular weight is 355 g/mol. The Morgan fingerprint density at radius 3 is 2.35 bits per heavy atom. The van der Waals surface area contributed by atoms with Crippen LogP contribution in [-0.4, -0.2) is 24.7 Å². The predicted octanol–water partition coefficient (Wildman–Crippen LogP) is 3.12. The number of halogens is 2. The molecule has 3 unspecified atom stereocenters. The minimum absolute atomic E-state index is 0.0112. The van der Waals surface area contributed by atoms with E-state index in [-0.39, 0.29) is 4.90 Å². The summed E-state index contributed by atoms with van der Waals surface area (Å²) in [6.07, 6.45) is 0. The first-order valence-electron chi connectivity index (χ1n) is 6.80. The second-order valence-corrected chi connectivity index (χ2v) is 7.95. The molecule has 1 saturated carbocycles. The highest BCUT2D eigenvalue weighted by Gasteiger charge is 2.63. The summed E-state index contributed by atoms with van der Waals surface area (Å²) in [4.78, 5) is 11.4. The van der Waals surface area contributed by atoms with E-state index in [1.54, 1.807) is 6.07 Å². The van der Waals surface area contributed by atoms with Gasteiger partial charge in [-0.1, -0.05) is 23.7 Å². The molecule has 2 aromatic rings. The zero-order valence-electron chi connectivity index (χ0n) is 11.7. The Morgan fingerprint density at radius 2 is 1.78 bits per heavy atom. The lowest BCUT2D eigenvalue weighted by atomic mass is 10.1. The molecule has 0 spiro atoms. The Balaban J connectivity index is 2.00. The standard InChI is InChI=1S/C16H12ClFO4S/c17-10-4-6-12(7-5-10)23(21,22)15-13(14(15)16(19)20)9-2-1-3-11(18)8-9/h1-8,13-15H,(H,19,20). The zero-order valence-corrected chi connectivity index (χ0v) is 13.3. The molecule has 3 rings (SSSR count). The third-order valence-electron chi connectivity index (χ3n) is 3.97. The van der Waals surface area contributed by atoms with Gasteiger partial charge in [0.2, 0.25) is 0 Å². The number of carbonyl (C=O) groups is 1. The van der Waals surface area contributed by atoms with Gasteiger partial charge in [-0.15, -0.1) is 0 Å². The zero-order chi connectivity index (χ0) is 16.8. The van der Waals surface area contributed by atoms with Gasteiger partial charge in [-0.25, -0.2) is 12.8 Å². The summed E-state index contributed by atoms with van der Waals surface area (Å²) in [6, 6.07) is 10.9. The van der Waals surface area contributed by atoms with Gasteiger partial charge in [0.25, 0.3) is 0 Å². The van der Waals surface area contributed by atoms with Gasteiger partial charge in [0.05, 0.1) is 16.1 Å². The van der Waals surface area contributed by atoms with Crippen LogP contribution < -0.4 is 0 Å². The third-order valence-corrected chi connectivity index (χ3v) is 6.46. The molecule has 23 heavy (non-hydrogen) atoms. The highest BCUT2D eigenvalue weighted by atomic mass is 35.5. The minimum atomic E-state index is -3.85. The van der Waals surface area contributed by atoms with Crippen LogP contribution >= 0.6 is 11.6 Å². The van der Waals surface area contributed by atoms with E-state index in [9.17, 15) is 22.7 Å². The van der Waals surface area contributed by atoms with Crippen molar-refractivity contribution in [3.8, 4) is 0 Å². The molecular weight excluding hydrogens is 343 g/mol. The first-order valence-corrected chi connectivity index (χ1v) is 8.72. The van der Waals surface area contributed by atoms with Crippen molar-refractivity contribution in [2.75, 3.05) is 0 Å². The molecule has 0 bridgehead atoms. The van der Waals surface area contributed by atoms with Gasteiger partial charge in [-0.2, -0.15) is 0 Å². The van der Waals surface area contributed by atoms with Crippen LogP contribution in [0.1, 0.15) is 11.5 Å². The van der Waals surface area contributed by atoms with Crippen LogP contribution in [0.2, 0.25) is 5.02 Å². The Hall–Kier alpha value is -1.92. The lowest BCUT2D eigenvalue weighted by molar-refractivity contribution is -0.138. The van der Waals surface area contributed by atoms with Crippen molar-refractivity contribution < 1.29 is 22.7 Å². The molecule has 0 heterocycles. The van der Waals surface area contributed by atoms with E-state index in [0.717, 1.165) is 0 Å². The second kappa shape index (κ2) is 5.62. The van der Waals surface area contributed by atoms with Crippen molar-refractivity contribution in [3.63, 3.8) is 0 Å². The number of sulfone groups is 1. The number of hydrogen-bond acceptors (Lipinski definition) is 3. The first kappa shape index (κ1) is 16.0. The van der Waals surface area contributed by atoms with E-state index in [1.165, 1.54) is 42.5 Å². The summed E-state index contributed by atoms with van der Waals surface area (Å²) in [7, 11) is -3.85. The first-order chi connectivity index (χ1) is 10.8. The van der Waals surface area contributed by atoms with Crippen LogP contribution in [0, 0.1) is 11.7 Å². The van der Waals surface area contributed by atoms with Crippen LogP contribution in [0.25, 0.3) is 0 Å². The Labute approximate surface area is 137 Å². The largest absolute Gasteiger partial charge is 0.481 e. The van der Waals surface area contributed by atoms with Gasteiger partial charge >= 0.3 is 5.97 Å². The van der Waals surface area contributed by atoms with Crippen molar-refractivity contribution in [1.29, 1.82) is 0 Å². The van der Waals surface area contributed by atoms with Crippen LogP contribution in [0.5, 0.6) is 0 Å². The van der Waals surface area contributed by atoms with Gasteiger partial charge < -0.3 is 5.11 Å². The predicted molar refractivity (Wildman–Crippen MR) is 82.7 cm³/mol. The van der Waals surface area contributed by atoms with Crippen LogP contribution in [0.4, 0.5) is 4.39 Å². The topological polar surface area (TPSA) is 71.4 Å². The summed E-state index contributed by atoms with van der Waals surface area (Å²) in [6.45, 7) is 0. The fourth-order valence-corrected chi connectivity index (χ4v) is 5.10. The molecule has 0 saturated heterocycles. The van der Waals surface area contributed by atoms with Crippen molar-refractivity contribution in [1.82, 2.24) is 0 Å². The molecule has 1 fully saturated rings. The Morgan fingerprint density at radius 1 is 1.13 bits per heavy atom. The van der Waals surface area contributed by atoms with Crippen molar-refractivity contribution in [2.45, 2.75) is 16.1 Å². The van der Waals surface area contributed by atoms with E-state index >= 15 is 0 Å². The van der Waals surface area contributed by atoms with E-state index in [2.05, 4.69) is 0 Å². The molecule has 4 nitrogen and oxygen atoms in total. The lowest BCUT2D eigenvalue weighted by Gasteiger charge is -2.04. The number of hydrogen-bond donors (Lipinski definition) is 1. The van der Waals surface area contributed by atoms with E-state index < -0.39 is 38.7 Å². The summed E-state index contributed by atoms with van der Waals surface area (Å²) in [5.74, 6) is -3.58. The highest BCUT2D eigenvalue weighted by Crippen LogP contribution is 2.54. The molecule has 1 aliphatic rings. The van der Waals surface area contributed by atoms with Crippen LogP contribution in [-0.2, 0) is 14.6 Å². The van der Waals surface area contributed by atoms with Gasteiger partial charge in [-0.3, -0.25) is 4.79 Å². The monoisotopic (exact) mass is 354 g/mol. The molecule has 120 valence electrons. The molecule has 0 aromatic heterocycles. The Bertz CT molecular complexity index is 864. The van der Waals surface area contributed by atoms with E-state index in [1.807, 2.05) is 0 Å². The van der Waals surface area contributed by atoms with Crippen molar-refractivity contribution >= 4 is 27.4 Å². The lowest BCUT2D eigenvalue weighted by Crippen LogP contribution is -2.13. The van der Waals surface area contributed by atoms with Crippen LogP contribution in [0.3, 0.4) is 0 Å². The smallest absolute Gasteiger partial charge is 0.308 e. The molecule has 1 aliphatic carbocycles. The van der Waals surface area contributed by atoms with E-state index in [0.29, 0.717) is 10.6 Å². The number of aliphatic carboxylic acids is 1. The quantitative estimate of drug-likeness (QED) is 0.915. The van der Waals surface area contributed by atoms with Gasteiger partial charge in [-0.05, 0) is 42.0 Å². The van der Waals surface area contributed by atoms with Crippen molar-refractivity contribution in [3.05, 3.63) is 64.9 Å². The summed E-state index contributed by atoms with van der Waals surface area (Å²) < 4.78 is 38.7. The molecule has 0 aliphatic heterocycles. The number of benzene rings is 2. The SMILES string of the molecule is O=C(O)C1C(c2cccc(F)c2)C1S(=O)(=O)c1ccc(Cl)cc1.